The van der Waals surface area contributed by atoms with Crippen LogP contribution in [0.1, 0.15) is 10.4 Å². The second-order valence-electron chi connectivity index (χ2n) is 2.31. The van der Waals surface area contributed by atoms with Crippen LogP contribution in [0.15, 0.2) is 12.1 Å². The van der Waals surface area contributed by atoms with E-state index >= 15 is 0 Å². The second kappa shape index (κ2) is 4.41. The molecule has 0 aliphatic carbocycles. The predicted octanol–water partition coefficient (Wildman–Crippen LogP) is 3.23. The van der Waals surface area contributed by atoms with E-state index in [9.17, 15) is 14.9 Å². The molecule has 1 aromatic rings. The third-order valence-corrected chi connectivity index (χ3v) is 2.83. The van der Waals surface area contributed by atoms with Crippen molar-refractivity contribution in [1.82, 2.24) is 0 Å². The molecule has 0 aliphatic heterocycles. The van der Waals surface area contributed by atoms with Crippen molar-refractivity contribution < 1.29 is 9.72 Å². The highest BCUT2D eigenvalue weighted by molar-refractivity contribution is 14.1. The Morgan fingerprint density at radius 2 is 2.07 bits per heavy atom. The van der Waals surface area contributed by atoms with Gasteiger partial charge in [0.25, 0.3) is 10.9 Å². The van der Waals surface area contributed by atoms with Crippen molar-refractivity contribution in [2.24, 2.45) is 0 Å². The van der Waals surface area contributed by atoms with Crippen LogP contribution < -0.4 is 0 Å². The van der Waals surface area contributed by atoms with Crippen LogP contribution in [-0.2, 0) is 0 Å². The Morgan fingerprint density at radius 3 is 2.50 bits per heavy atom. The number of halogens is 3. The minimum Gasteiger partial charge on any atom is -0.276 e. The maximum atomic E-state index is 10.8. The van der Waals surface area contributed by atoms with E-state index in [1.807, 2.05) is 0 Å². The van der Waals surface area contributed by atoms with Gasteiger partial charge in [0.15, 0.2) is 0 Å². The first-order chi connectivity index (χ1) is 6.43. The lowest BCUT2D eigenvalue weighted by Crippen LogP contribution is -1.96. The topological polar surface area (TPSA) is 60.2 Å². The Morgan fingerprint density at radius 1 is 1.50 bits per heavy atom. The number of nitro benzene ring substituents is 1. The number of hydrogen-bond acceptors (Lipinski definition) is 3. The minimum absolute atomic E-state index is 0.0166. The molecule has 0 bridgehead atoms. The zero-order chi connectivity index (χ0) is 10.9. The zero-order valence-electron chi connectivity index (χ0n) is 6.46. The molecular formula is C7H2Cl2INO3. The van der Waals surface area contributed by atoms with E-state index < -0.39 is 10.2 Å². The number of nitrogens with zero attached hydrogens (tertiary/aromatic N) is 1. The van der Waals surface area contributed by atoms with E-state index in [1.165, 1.54) is 6.07 Å². The average Bonchev–Trinajstić information content (AvgIpc) is 2.07. The molecule has 0 radical (unpaired) electrons. The highest BCUT2D eigenvalue weighted by atomic mass is 127. The van der Waals surface area contributed by atoms with Crippen LogP contribution in [0, 0.1) is 13.7 Å². The quantitative estimate of drug-likeness (QED) is 0.358. The zero-order valence-corrected chi connectivity index (χ0v) is 10.1. The van der Waals surface area contributed by atoms with Crippen molar-refractivity contribution in [3.63, 3.8) is 0 Å². The Bertz CT molecular complexity index is 382. The van der Waals surface area contributed by atoms with Gasteiger partial charge < -0.3 is 0 Å². The Labute approximate surface area is 102 Å². The molecule has 1 aromatic carbocycles. The van der Waals surface area contributed by atoms with E-state index in [-0.39, 0.29) is 16.3 Å². The van der Waals surface area contributed by atoms with Gasteiger partial charge in [-0.15, -0.1) is 0 Å². The third kappa shape index (κ3) is 2.34. The van der Waals surface area contributed by atoms with Crippen LogP contribution in [0.2, 0.25) is 5.02 Å². The highest BCUT2D eigenvalue weighted by Crippen LogP contribution is 2.29. The van der Waals surface area contributed by atoms with E-state index in [0.29, 0.717) is 3.57 Å². The van der Waals surface area contributed by atoms with Crippen LogP contribution in [0.5, 0.6) is 0 Å². The fraction of sp³-hybridized carbons (Fsp3) is 0. The van der Waals surface area contributed by atoms with E-state index in [4.69, 9.17) is 23.2 Å². The molecule has 0 unspecified atom stereocenters. The lowest BCUT2D eigenvalue weighted by molar-refractivity contribution is -0.385. The molecule has 0 amide bonds. The Hall–Kier alpha value is -0.400. The summed E-state index contributed by atoms with van der Waals surface area (Å²) in [5.41, 5.74) is -0.0689. The summed E-state index contributed by atoms with van der Waals surface area (Å²) in [6.45, 7) is 0. The molecule has 4 nitrogen and oxygen atoms in total. The first-order valence-electron chi connectivity index (χ1n) is 3.26. The molecule has 0 atom stereocenters. The van der Waals surface area contributed by atoms with E-state index in [2.05, 4.69) is 0 Å². The van der Waals surface area contributed by atoms with Gasteiger partial charge in [-0.05, 0) is 40.3 Å². The molecule has 0 aliphatic rings. The lowest BCUT2D eigenvalue weighted by Gasteiger charge is -2.00. The average molecular weight is 346 g/mol. The van der Waals surface area contributed by atoms with Gasteiger partial charge in [-0.25, -0.2) is 0 Å². The molecule has 1 rings (SSSR count). The molecule has 0 N–H and O–H groups in total. The summed E-state index contributed by atoms with van der Waals surface area (Å²) in [6.07, 6.45) is 0. The van der Waals surface area contributed by atoms with Crippen LogP contribution in [0.4, 0.5) is 5.69 Å². The van der Waals surface area contributed by atoms with Crippen molar-refractivity contribution in [3.8, 4) is 0 Å². The van der Waals surface area contributed by atoms with Crippen molar-refractivity contribution >= 4 is 56.7 Å². The number of carbonyl (C=O) groups is 1. The minimum atomic E-state index is -0.734. The maximum absolute atomic E-state index is 10.8. The number of nitro groups is 1. The SMILES string of the molecule is O=C(Cl)c1cc(I)c([N+](=O)[O-])cc1Cl. The van der Waals surface area contributed by atoms with Crippen LogP contribution >= 0.6 is 45.8 Å². The van der Waals surface area contributed by atoms with Gasteiger partial charge in [0.1, 0.15) is 0 Å². The number of carbonyl (C=O) groups excluding carboxylic acids is 1. The summed E-state index contributed by atoms with van der Waals surface area (Å²) < 4.78 is 0.320. The summed E-state index contributed by atoms with van der Waals surface area (Å²) in [6, 6.07) is 2.40. The molecule has 0 fully saturated rings. The van der Waals surface area contributed by atoms with E-state index in [0.717, 1.165) is 6.07 Å². The third-order valence-electron chi connectivity index (χ3n) is 1.44. The van der Waals surface area contributed by atoms with Crippen molar-refractivity contribution in [1.29, 1.82) is 0 Å². The fourth-order valence-electron chi connectivity index (χ4n) is 0.827. The highest BCUT2D eigenvalue weighted by Gasteiger charge is 2.17. The van der Waals surface area contributed by atoms with Gasteiger partial charge in [-0.3, -0.25) is 14.9 Å². The van der Waals surface area contributed by atoms with Gasteiger partial charge in [-0.1, -0.05) is 11.6 Å². The number of rotatable bonds is 2. The van der Waals surface area contributed by atoms with Crippen LogP contribution in [0.3, 0.4) is 0 Å². The maximum Gasteiger partial charge on any atom is 0.284 e. The molecule has 0 aromatic heterocycles. The predicted molar refractivity (Wildman–Crippen MR) is 61.0 cm³/mol. The van der Waals surface area contributed by atoms with Gasteiger partial charge >= 0.3 is 0 Å². The molecule has 0 heterocycles. The summed E-state index contributed by atoms with van der Waals surface area (Å²) >= 11 is 12.6. The molecule has 14 heavy (non-hydrogen) atoms. The second-order valence-corrected chi connectivity index (χ2v) is 4.23. The normalized spacial score (nSPS) is 9.93. The lowest BCUT2D eigenvalue weighted by atomic mass is 10.2. The van der Waals surface area contributed by atoms with E-state index in [1.54, 1.807) is 22.6 Å². The molecule has 74 valence electrons. The summed E-state index contributed by atoms with van der Waals surface area (Å²) in [5, 5.41) is 9.73. The molecule has 0 saturated heterocycles. The summed E-state index contributed by atoms with van der Waals surface area (Å²) in [5.74, 6) is 0. The van der Waals surface area contributed by atoms with Gasteiger partial charge in [0.05, 0.1) is 19.1 Å². The Kier molecular flexibility index (Phi) is 3.68. The van der Waals surface area contributed by atoms with Gasteiger partial charge in [-0.2, -0.15) is 0 Å². The Balaban J connectivity index is 3.38. The number of hydrogen-bond donors (Lipinski definition) is 0. The summed E-state index contributed by atoms with van der Waals surface area (Å²) in [4.78, 5) is 20.7. The first kappa shape index (κ1) is 11.7. The van der Waals surface area contributed by atoms with Crippen molar-refractivity contribution in [2.45, 2.75) is 0 Å². The molecule has 0 saturated carbocycles. The van der Waals surface area contributed by atoms with Crippen LogP contribution in [0.25, 0.3) is 0 Å². The standard InChI is InChI=1S/C7H2Cl2INO3/c8-4-2-6(11(13)14)5(10)1-3(4)7(9)12/h1-2H. The number of benzene rings is 1. The summed E-state index contributed by atoms with van der Waals surface area (Å²) in [7, 11) is 0. The van der Waals surface area contributed by atoms with Crippen molar-refractivity contribution in [2.75, 3.05) is 0 Å². The monoisotopic (exact) mass is 345 g/mol. The van der Waals surface area contributed by atoms with Gasteiger partial charge in [0.2, 0.25) is 0 Å². The molecule has 0 spiro atoms. The largest absolute Gasteiger partial charge is 0.284 e. The molecular weight excluding hydrogens is 344 g/mol. The molecule has 7 heteroatoms. The van der Waals surface area contributed by atoms with Crippen LogP contribution in [-0.4, -0.2) is 10.2 Å². The van der Waals surface area contributed by atoms with Crippen molar-refractivity contribution in [3.05, 3.63) is 36.4 Å². The smallest absolute Gasteiger partial charge is 0.276 e. The fourth-order valence-corrected chi connectivity index (χ4v) is 1.94. The van der Waals surface area contributed by atoms with Gasteiger partial charge in [0, 0.05) is 6.07 Å². The first-order valence-corrected chi connectivity index (χ1v) is 5.10.